The van der Waals surface area contributed by atoms with Crippen LogP contribution < -0.4 is 5.56 Å². The molecule has 0 atom stereocenters. The van der Waals surface area contributed by atoms with E-state index >= 15 is 0 Å². The molecule has 0 aliphatic rings. The van der Waals surface area contributed by atoms with Gasteiger partial charge in [-0.3, -0.25) is 14.0 Å². The van der Waals surface area contributed by atoms with Crippen molar-refractivity contribution >= 4 is 22.2 Å². The number of aliphatic hydroxyl groups excluding tert-OH is 1. The molecule has 2 aromatic heterocycles. The van der Waals surface area contributed by atoms with Gasteiger partial charge in [0.25, 0.3) is 11.5 Å². The van der Waals surface area contributed by atoms with Crippen molar-refractivity contribution < 1.29 is 9.90 Å². The zero-order chi connectivity index (χ0) is 17.1. The van der Waals surface area contributed by atoms with Gasteiger partial charge in [-0.05, 0) is 5.56 Å². The van der Waals surface area contributed by atoms with Crippen molar-refractivity contribution in [2.75, 3.05) is 20.2 Å². The van der Waals surface area contributed by atoms with E-state index < -0.39 is 5.91 Å². The van der Waals surface area contributed by atoms with Crippen molar-refractivity contribution in [2.45, 2.75) is 6.42 Å². The molecule has 124 valence electrons. The third-order valence-corrected chi connectivity index (χ3v) is 4.69. The summed E-state index contributed by atoms with van der Waals surface area (Å²) in [5.41, 5.74) is 0.772. The minimum atomic E-state index is -0.438. The van der Waals surface area contributed by atoms with Gasteiger partial charge in [0.05, 0.1) is 6.61 Å². The number of nitrogens with zero attached hydrogens (tertiary/aromatic N) is 3. The molecule has 3 rings (SSSR count). The van der Waals surface area contributed by atoms with Crippen molar-refractivity contribution in [3.8, 4) is 0 Å². The Kier molecular flexibility index (Phi) is 4.73. The predicted molar refractivity (Wildman–Crippen MR) is 92.6 cm³/mol. The zero-order valence-corrected chi connectivity index (χ0v) is 14.0. The molecule has 6 nitrogen and oxygen atoms in total. The Balaban J connectivity index is 1.95. The van der Waals surface area contributed by atoms with E-state index in [1.54, 1.807) is 13.2 Å². The lowest BCUT2D eigenvalue weighted by Crippen LogP contribution is -2.34. The smallest absolute Gasteiger partial charge is 0.271 e. The Labute approximate surface area is 142 Å². The number of rotatable bonds is 5. The molecule has 0 aliphatic carbocycles. The summed E-state index contributed by atoms with van der Waals surface area (Å²) in [6, 6.07) is 9.96. The van der Waals surface area contributed by atoms with Crippen LogP contribution in [0.3, 0.4) is 0 Å². The topological polar surface area (TPSA) is 74.9 Å². The van der Waals surface area contributed by atoms with Crippen molar-refractivity contribution in [1.29, 1.82) is 0 Å². The third kappa shape index (κ3) is 3.22. The molecule has 1 amide bonds. The maximum absolute atomic E-state index is 12.6. The summed E-state index contributed by atoms with van der Waals surface area (Å²) >= 11 is 1.43. The number of amides is 1. The summed E-state index contributed by atoms with van der Waals surface area (Å²) in [4.78, 5) is 31.9. The molecule has 2 heterocycles. The molecule has 0 aliphatic heterocycles. The van der Waals surface area contributed by atoms with Gasteiger partial charge in [0, 0.05) is 37.3 Å². The Hall–Kier alpha value is -2.51. The van der Waals surface area contributed by atoms with Gasteiger partial charge in [-0.1, -0.05) is 30.3 Å². The van der Waals surface area contributed by atoms with E-state index in [4.69, 9.17) is 5.11 Å². The highest BCUT2D eigenvalue weighted by Gasteiger charge is 2.18. The number of carbonyl (C=O) groups excluding carboxylic acids is 1. The molecule has 1 aromatic carbocycles. The lowest BCUT2D eigenvalue weighted by molar-refractivity contribution is 0.0764. The van der Waals surface area contributed by atoms with Crippen LogP contribution in [-0.2, 0) is 6.42 Å². The van der Waals surface area contributed by atoms with Crippen LogP contribution in [0.5, 0.6) is 0 Å². The molecule has 24 heavy (non-hydrogen) atoms. The summed E-state index contributed by atoms with van der Waals surface area (Å²) in [5, 5.41) is 8.93. The minimum absolute atomic E-state index is 0.00695. The Bertz CT molecular complexity index is 918. The number of likely N-dealkylation sites (N-methyl/N-ethyl adjacent to an activating group) is 1. The lowest BCUT2D eigenvalue weighted by Gasteiger charge is -2.14. The minimum Gasteiger partial charge on any atom is -0.395 e. The van der Waals surface area contributed by atoms with E-state index in [-0.39, 0.29) is 24.3 Å². The van der Waals surface area contributed by atoms with Crippen LogP contribution in [0, 0.1) is 0 Å². The van der Waals surface area contributed by atoms with Crippen molar-refractivity contribution in [2.24, 2.45) is 0 Å². The van der Waals surface area contributed by atoms with Gasteiger partial charge < -0.3 is 10.0 Å². The zero-order valence-electron chi connectivity index (χ0n) is 13.2. The van der Waals surface area contributed by atoms with E-state index in [1.165, 1.54) is 26.8 Å². The second-order valence-electron chi connectivity index (χ2n) is 5.44. The molecule has 0 saturated carbocycles. The van der Waals surface area contributed by atoms with E-state index in [9.17, 15) is 9.59 Å². The molecule has 0 unspecified atom stereocenters. The third-order valence-electron chi connectivity index (χ3n) is 3.69. The van der Waals surface area contributed by atoms with Gasteiger partial charge in [-0.25, -0.2) is 4.98 Å². The maximum Gasteiger partial charge on any atom is 0.271 e. The molecule has 0 radical (unpaired) electrons. The average Bonchev–Trinajstić information content (AvgIpc) is 2.99. The number of carbonyl (C=O) groups is 1. The van der Waals surface area contributed by atoms with Gasteiger partial charge in [0.1, 0.15) is 5.56 Å². The Morgan fingerprint density at radius 2 is 2.08 bits per heavy atom. The fourth-order valence-electron chi connectivity index (χ4n) is 2.41. The highest BCUT2D eigenvalue weighted by atomic mass is 32.1. The normalized spacial score (nSPS) is 10.9. The molecule has 0 bridgehead atoms. The predicted octanol–water partition coefficient (Wildman–Crippen LogP) is 1.41. The summed E-state index contributed by atoms with van der Waals surface area (Å²) in [6.45, 7) is 0.0167. The summed E-state index contributed by atoms with van der Waals surface area (Å²) < 4.78 is 1.42. The van der Waals surface area contributed by atoms with Crippen molar-refractivity contribution in [1.82, 2.24) is 14.3 Å². The first-order valence-electron chi connectivity index (χ1n) is 7.50. The maximum atomic E-state index is 12.6. The van der Waals surface area contributed by atoms with Gasteiger partial charge in [-0.15, -0.1) is 11.3 Å². The molecule has 1 N–H and O–H groups in total. The number of thiazole rings is 1. The van der Waals surface area contributed by atoms with Gasteiger partial charge in [-0.2, -0.15) is 0 Å². The van der Waals surface area contributed by atoms with Crippen LogP contribution in [0.2, 0.25) is 0 Å². The second-order valence-corrected chi connectivity index (χ2v) is 6.53. The molecule has 7 heteroatoms. The van der Waals surface area contributed by atoms with E-state index in [0.717, 1.165) is 10.4 Å². The molecule has 3 aromatic rings. The number of aromatic nitrogens is 2. The molecular weight excluding hydrogens is 326 g/mol. The summed E-state index contributed by atoms with van der Waals surface area (Å²) in [7, 11) is 1.54. The van der Waals surface area contributed by atoms with Crippen LogP contribution >= 0.6 is 11.3 Å². The monoisotopic (exact) mass is 343 g/mol. The molecular formula is C17H17N3O3S. The van der Waals surface area contributed by atoms with Crippen LogP contribution in [0.1, 0.15) is 20.8 Å². The number of hydrogen-bond donors (Lipinski definition) is 1. The van der Waals surface area contributed by atoms with Crippen molar-refractivity contribution in [3.05, 3.63) is 69.1 Å². The number of benzene rings is 1. The fourth-order valence-corrected chi connectivity index (χ4v) is 3.38. The summed E-state index contributed by atoms with van der Waals surface area (Å²) in [6.07, 6.45) is 3.77. The quantitative estimate of drug-likeness (QED) is 0.760. The van der Waals surface area contributed by atoms with Gasteiger partial charge in [0.2, 0.25) is 0 Å². The van der Waals surface area contributed by atoms with E-state index in [0.29, 0.717) is 11.4 Å². The lowest BCUT2D eigenvalue weighted by atomic mass is 10.1. The highest BCUT2D eigenvalue weighted by Crippen LogP contribution is 2.18. The van der Waals surface area contributed by atoms with Gasteiger partial charge in [0.15, 0.2) is 4.96 Å². The van der Waals surface area contributed by atoms with Crippen LogP contribution in [-0.4, -0.2) is 45.5 Å². The first kappa shape index (κ1) is 16.4. The number of hydrogen-bond acceptors (Lipinski definition) is 5. The average molecular weight is 343 g/mol. The molecule has 0 spiro atoms. The molecule has 0 saturated heterocycles. The fraction of sp³-hybridized carbons (Fsp3) is 0.235. The highest BCUT2D eigenvalue weighted by molar-refractivity contribution is 7.17. The standard InChI is InChI=1S/C17H17N3O3S/c1-19(7-8-21)15(22)14-10-18-17-20(16(14)23)11-13(24-17)9-12-5-3-2-4-6-12/h2-6,10-11,21H,7-9H2,1H3. The van der Waals surface area contributed by atoms with Crippen LogP contribution in [0.25, 0.3) is 4.96 Å². The summed E-state index contributed by atoms with van der Waals surface area (Å²) in [5.74, 6) is -0.438. The first-order chi connectivity index (χ1) is 11.6. The SMILES string of the molecule is CN(CCO)C(=O)c1cnc2sc(Cc3ccccc3)cn2c1=O. The Morgan fingerprint density at radius 1 is 1.33 bits per heavy atom. The second kappa shape index (κ2) is 6.94. The van der Waals surface area contributed by atoms with E-state index in [2.05, 4.69) is 4.98 Å². The van der Waals surface area contributed by atoms with Gasteiger partial charge >= 0.3 is 0 Å². The number of aliphatic hydroxyl groups is 1. The van der Waals surface area contributed by atoms with Crippen molar-refractivity contribution in [3.63, 3.8) is 0 Å². The molecule has 0 fully saturated rings. The van der Waals surface area contributed by atoms with Crippen LogP contribution in [0.15, 0.2) is 47.5 Å². The number of fused-ring (bicyclic) bond motifs is 1. The Morgan fingerprint density at radius 3 is 2.79 bits per heavy atom. The van der Waals surface area contributed by atoms with E-state index in [1.807, 2.05) is 30.3 Å². The van der Waals surface area contributed by atoms with Crippen LogP contribution in [0.4, 0.5) is 0 Å². The first-order valence-corrected chi connectivity index (χ1v) is 8.32. The largest absolute Gasteiger partial charge is 0.395 e.